The third-order valence-corrected chi connectivity index (χ3v) is 6.36. The summed E-state index contributed by atoms with van der Waals surface area (Å²) in [6.07, 6.45) is -2.45. The molecule has 3 aromatic heterocycles. The normalized spacial score (nSPS) is 12.4. The van der Waals surface area contributed by atoms with E-state index in [1.54, 1.807) is 0 Å². The number of hydrogen-bond acceptors (Lipinski definition) is 5. The van der Waals surface area contributed by atoms with Crippen LogP contribution in [0.4, 0.5) is 22.0 Å². The zero-order valence-corrected chi connectivity index (χ0v) is 17.0. The predicted molar refractivity (Wildman–Crippen MR) is 105 cm³/mol. The van der Waals surface area contributed by atoms with Gasteiger partial charge in [-0.25, -0.2) is 26.9 Å². The van der Waals surface area contributed by atoms with Crippen molar-refractivity contribution in [3.8, 4) is 17.1 Å². The Kier molecular flexibility index (Phi) is 5.19. The first kappa shape index (κ1) is 21.8. The van der Waals surface area contributed by atoms with Gasteiger partial charge < -0.3 is 0 Å². The van der Waals surface area contributed by atoms with Crippen LogP contribution in [0, 0.1) is 11.6 Å². The highest BCUT2D eigenvalue weighted by atomic mass is 32.2. The minimum Gasteiger partial charge on any atom is -0.251 e. The molecule has 4 aromatic rings. The molecule has 0 aliphatic rings. The zero-order chi connectivity index (χ0) is 23.3. The average Bonchev–Trinajstić information content (AvgIpc) is 3.15. The van der Waals surface area contributed by atoms with Crippen molar-refractivity contribution >= 4 is 20.7 Å². The molecule has 0 aliphatic heterocycles. The van der Waals surface area contributed by atoms with E-state index in [4.69, 9.17) is 0 Å². The van der Waals surface area contributed by atoms with E-state index >= 15 is 0 Å². The van der Waals surface area contributed by atoms with E-state index in [0.717, 1.165) is 29.1 Å². The smallest absolute Gasteiger partial charge is 0.251 e. The molecule has 1 aromatic carbocycles. The van der Waals surface area contributed by atoms with Crippen LogP contribution in [0.25, 0.3) is 28.0 Å². The monoisotopic (exact) mass is 468 g/mol. The average molecular weight is 468 g/mol. The summed E-state index contributed by atoms with van der Waals surface area (Å²) in [6, 6.07) is 5.93. The molecule has 6 nitrogen and oxygen atoms in total. The van der Waals surface area contributed by atoms with Gasteiger partial charge in [0.15, 0.2) is 15.7 Å². The fraction of sp³-hybridized carbons (Fsp3) is 0.150. The summed E-state index contributed by atoms with van der Waals surface area (Å²) in [4.78, 5) is 7.34. The summed E-state index contributed by atoms with van der Waals surface area (Å²) >= 11 is 0. The number of aromatic nitrogens is 4. The molecule has 0 atom stereocenters. The standard InChI is InChI=1S/C20H13F5N4O2S/c1-2-32(30,31)17-4-3-15(11-5-13(21)7-14(22)6-11)27-19(17)29-10-12-9-26-18(20(23,24)25)8-16(12)28-29/h3-10H,2H2,1H3. The topological polar surface area (TPSA) is 77.7 Å². The van der Waals surface area contributed by atoms with Crippen LogP contribution in [0.3, 0.4) is 0 Å². The fourth-order valence-electron chi connectivity index (χ4n) is 3.04. The largest absolute Gasteiger partial charge is 0.433 e. The number of sulfone groups is 1. The summed E-state index contributed by atoms with van der Waals surface area (Å²) < 4.78 is 92.4. The summed E-state index contributed by atoms with van der Waals surface area (Å²) in [6.45, 7) is 1.41. The molecule has 0 fully saturated rings. The van der Waals surface area contributed by atoms with Gasteiger partial charge in [-0.2, -0.15) is 18.3 Å². The Morgan fingerprint density at radius 3 is 2.34 bits per heavy atom. The van der Waals surface area contributed by atoms with Crippen LogP contribution in [0.15, 0.2) is 53.7 Å². The zero-order valence-electron chi connectivity index (χ0n) is 16.2. The molecule has 0 N–H and O–H groups in total. The van der Waals surface area contributed by atoms with Crippen molar-refractivity contribution in [2.75, 3.05) is 5.75 Å². The number of hydrogen-bond donors (Lipinski definition) is 0. The minimum absolute atomic E-state index is 0.0435. The lowest BCUT2D eigenvalue weighted by Crippen LogP contribution is -2.11. The SMILES string of the molecule is CCS(=O)(=O)c1ccc(-c2cc(F)cc(F)c2)nc1-n1cc2cnc(C(F)(F)F)cc2n1. The van der Waals surface area contributed by atoms with Crippen molar-refractivity contribution in [3.05, 3.63) is 66.1 Å². The lowest BCUT2D eigenvalue weighted by Gasteiger charge is -2.11. The maximum Gasteiger partial charge on any atom is 0.433 e. The van der Waals surface area contributed by atoms with Crippen molar-refractivity contribution in [1.82, 2.24) is 19.7 Å². The molecule has 0 saturated heterocycles. The molecule has 0 spiro atoms. The van der Waals surface area contributed by atoms with Crippen LogP contribution >= 0.6 is 0 Å². The molecular weight excluding hydrogens is 455 g/mol. The van der Waals surface area contributed by atoms with Gasteiger partial charge in [0.25, 0.3) is 0 Å². The van der Waals surface area contributed by atoms with Gasteiger partial charge in [0.1, 0.15) is 22.2 Å². The van der Waals surface area contributed by atoms with E-state index in [1.165, 1.54) is 25.3 Å². The van der Waals surface area contributed by atoms with Crippen LogP contribution in [0.2, 0.25) is 0 Å². The summed E-state index contributed by atoms with van der Waals surface area (Å²) in [5.41, 5.74) is -1.16. The van der Waals surface area contributed by atoms with Crippen LogP contribution < -0.4 is 0 Å². The van der Waals surface area contributed by atoms with E-state index in [1.807, 2.05) is 0 Å². The Labute approximate surface area is 178 Å². The number of rotatable bonds is 4. The van der Waals surface area contributed by atoms with Gasteiger partial charge in [0, 0.05) is 29.4 Å². The molecule has 12 heteroatoms. The number of alkyl halides is 3. The third kappa shape index (κ3) is 4.05. The molecule has 0 aliphatic carbocycles. The lowest BCUT2D eigenvalue weighted by molar-refractivity contribution is -0.141. The predicted octanol–water partition coefficient (Wildman–Crippen LogP) is 4.57. The van der Waals surface area contributed by atoms with Gasteiger partial charge in [0.2, 0.25) is 0 Å². The number of halogens is 5. The first-order valence-corrected chi connectivity index (χ1v) is 10.8. The van der Waals surface area contributed by atoms with Gasteiger partial charge >= 0.3 is 6.18 Å². The van der Waals surface area contributed by atoms with Gasteiger partial charge in [-0.1, -0.05) is 6.92 Å². The number of fused-ring (bicyclic) bond motifs is 1. The lowest BCUT2D eigenvalue weighted by atomic mass is 10.1. The Bertz CT molecular complexity index is 1430. The van der Waals surface area contributed by atoms with Crippen LogP contribution in [0.5, 0.6) is 0 Å². The van der Waals surface area contributed by atoms with E-state index in [0.29, 0.717) is 6.07 Å². The fourth-order valence-corrected chi connectivity index (χ4v) is 4.05. The Morgan fingerprint density at radius 1 is 1.03 bits per heavy atom. The molecule has 0 radical (unpaired) electrons. The second-order valence-electron chi connectivity index (χ2n) is 6.78. The molecular formula is C20H13F5N4O2S. The highest BCUT2D eigenvalue weighted by molar-refractivity contribution is 7.91. The quantitative estimate of drug-likeness (QED) is 0.410. The van der Waals surface area contributed by atoms with Crippen LogP contribution in [0.1, 0.15) is 12.6 Å². The molecule has 4 rings (SSSR count). The minimum atomic E-state index is -4.69. The molecule has 0 unspecified atom stereocenters. The van der Waals surface area contributed by atoms with Crippen molar-refractivity contribution in [2.24, 2.45) is 0 Å². The van der Waals surface area contributed by atoms with E-state index in [-0.39, 0.29) is 38.6 Å². The number of nitrogens with zero attached hydrogens (tertiary/aromatic N) is 4. The first-order valence-electron chi connectivity index (χ1n) is 9.11. The number of benzene rings is 1. The Balaban J connectivity index is 1.94. The van der Waals surface area contributed by atoms with Crippen molar-refractivity contribution < 1.29 is 30.4 Å². The van der Waals surface area contributed by atoms with E-state index in [9.17, 15) is 30.4 Å². The summed E-state index contributed by atoms with van der Waals surface area (Å²) in [7, 11) is -3.83. The highest BCUT2D eigenvalue weighted by Gasteiger charge is 2.33. The van der Waals surface area contributed by atoms with E-state index < -0.39 is 33.3 Å². The summed E-state index contributed by atoms with van der Waals surface area (Å²) in [5.74, 6) is -2.22. The maximum absolute atomic E-state index is 13.7. The first-order chi connectivity index (χ1) is 15.0. The summed E-state index contributed by atoms with van der Waals surface area (Å²) in [5, 5.41) is 4.25. The van der Waals surface area contributed by atoms with Crippen LogP contribution in [-0.4, -0.2) is 33.9 Å². The van der Waals surface area contributed by atoms with Crippen molar-refractivity contribution in [3.63, 3.8) is 0 Å². The second kappa shape index (κ2) is 7.62. The third-order valence-electron chi connectivity index (χ3n) is 4.61. The molecule has 0 saturated carbocycles. The van der Waals surface area contributed by atoms with Gasteiger partial charge in [-0.15, -0.1) is 0 Å². The Hall–Kier alpha value is -3.41. The number of pyridine rings is 2. The highest BCUT2D eigenvalue weighted by Crippen LogP contribution is 2.30. The molecule has 0 amide bonds. The molecule has 166 valence electrons. The van der Waals surface area contributed by atoms with Gasteiger partial charge in [-0.3, -0.25) is 4.98 Å². The van der Waals surface area contributed by atoms with Gasteiger partial charge in [-0.05, 0) is 30.3 Å². The van der Waals surface area contributed by atoms with Crippen molar-refractivity contribution in [1.29, 1.82) is 0 Å². The van der Waals surface area contributed by atoms with E-state index in [2.05, 4.69) is 15.1 Å². The van der Waals surface area contributed by atoms with Gasteiger partial charge in [0.05, 0.1) is 17.0 Å². The Morgan fingerprint density at radius 2 is 1.72 bits per heavy atom. The molecule has 3 heterocycles. The maximum atomic E-state index is 13.7. The van der Waals surface area contributed by atoms with Crippen molar-refractivity contribution in [2.45, 2.75) is 18.0 Å². The van der Waals surface area contributed by atoms with Crippen LogP contribution in [-0.2, 0) is 16.0 Å². The molecule has 32 heavy (non-hydrogen) atoms. The molecule has 0 bridgehead atoms. The second-order valence-corrected chi connectivity index (χ2v) is 9.03.